The first-order chi connectivity index (χ1) is 16.1. The molecule has 0 aliphatic rings. The molecule has 0 radical (unpaired) electrons. The second-order valence-corrected chi connectivity index (χ2v) is 9.34. The number of aromatic amines is 1. The van der Waals surface area contributed by atoms with Crippen molar-refractivity contribution in [2.75, 3.05) is 18.6 Å². The zero-order chi connectivity index (χ0) is 25.3. The molecule has 3 atom stereocenters. The Labute approximate surface area is 202 Å². The van der Waals surface area contributed by atoms with Gasteiger partial charge in [-0.3, -0.25) is 14.4 Å². The maximum absolute atomic E-state index is 12.7. The monoisotopic (exact) mass is 491 g/mol. The molecule has 10 nitrogen and oxygen atoms in total. The number of hydrogen-bond donors (Lipinski definition) is 6. The van der Waals surface area contributed by atoms with Gasteiger partial charge in [-0.2, -0.15) is 11.8 Å². The molecule has 2 aromatic rings. The number of hydrogen-bond acceptors (Lipinski definition) is 6. The molecular weight excluding hydrogens is 458 g/mol. The van der Waals surface area contributed by atoms with Gasteiger partial charge in [0.05, 0.1) is 12.6 Å². The van der Waals surface area contributed by atoms with Gasteiger partial charge in [-0.25, -0.2) is 4.79 Å². The number of aliphatic carboxylic acids is 1. The van der Waals surface area contributed by atoms with E-state index in [1.807, 2.05) is 36.7 Å². The second kappa shape index (κ2) is 13.0. The van der Waals surface area contributed by atoms with E-state index < -0.39 is 48.4 Å². The molecule has 3 unspecified atom stereocenters. The van der Waals surface area contributed by atoms with E-state index in [2.05, 4.69) is 20.9 Å². The Hall–Kier alpha value is -3.05. The highest BCUT2D eigenvalue weighted by atomic mass is 32.2. The second-order valence-electron chi connectivity index (χ2n) is 8.36. The molecule has 11 heteroatoms. The molecule has 0 aliphatic carbocycles. The van der Waals surface area contributed by atoms with Crippen LogP contribution in [0, 0.1) is 5.92 Å². The molecule has 0 bridgehead atoms. The summed E-state index contributed by atoms with van der Waals surface area (Å²) in [5.41, 5.74) is 7.96. The number of fused-ring (bicyclic) bond motifs is 1. The third-order valence-corrected chi connectivity index (χ3v) is 6.01. The minimum absolute atomic E-state index is 0.263. The van der Waals surface area contributed by atoms with Gasteiger partial charge in [0.2, 0.25) is 17.7 Å². The number of carboxylic acids is 1. The molecule has 186 valence electrons. The maximum atomic E-state index is 12.7. The number of nitrogens with two attached hydrogens (primary N) is 1. The van der Waals surface area contributed by atoms with Crippen molar-refractivity contribution in [3.63, 3.8) is 0 Å². The Kier molecular flexibility index (Phi) is 10.4. The molecule has 0 spiro atoms. The van der Waals surface area contributed by atoms with Crippen molar-refractivity contribution in [1.82, 2.24) is 20.9 Å². The predicted octanol–water partition coefficient (Wildman–Crippen LogP) is 0.617. The van der Waals surface area contributed by atoms with E-state index in [-0.39, 0.29) is 18.8 Å². The average molecular weight is 492 g/mol. The lowest BCUT2D eigenvalue weighted by Crippen LogP contribution is -2.55. The molecule has 34 heavy (non-hydrogen) atoms. The summed E-state index contributed by atoms with van der Waals surface area (Å²) >= 11 is 1.47. The Bertz CT molecular complexity index is 1010. The van der Waals surface area contributed by atoms with Crippen LogP contribution in [-0.4, -0.2) is 70.5 Å². The van der Waals surface area contributed by atoms with E-state index in [0.717, 1.165) is 16.5 Å². The normalized spacial score (nSPS) is 13.8. The summed E-state index contributed by atoms with van der Waals surface area (Å²) in [6.07, 6.45) is 4.22. The van der Waals surface area contributed by atoms with E-state index in [1.54, 1.807) is 13.8 Å². The number of aromatic nitrogens is 1. The standard InChI is InChI=1S/C23H33N5O5S/c1-13(2)20(22(31)26-12-19(29)27-18(23(32)33)8-9-34-3)28-21(30)16(24)10-14-11-25-17-7-5-4-6-15(14)17/h4-7,11,13,16,18,20,25H,8-10,12,24H2,1-3H3,(H,26,31)(H,27,29)(H,28,30)(H,32,33). The number of benzene rings is 1. The minimum atomic E-state index is -1.13. The SMILES string of the molecule is CSCCC(NC(=O)CNC(=O)C(NC(=O)C(N)Cc1c[nH]c2ccccc12)C(C)C)C(=O)O. The van der Waals surface area contributed by atoms with Gasteiger partial charge < -0.3 is 31.8 Å². The number of carboxylic acid groups (broad SMARTS) is 1. The van der Waals surface area contributed by atoms with Crippen LogP contribution in [0.5, 0.6) is 0 Å². The van der Waals surface area contributed by atoms with Gasteiger partial charge in [0.1, 0.15) is 12.1 Å². The first kappa shape index (κ1) is 27.2. The zero-order valence-electron chi connectivity index (χ0n) is 19.6. The van der Waals surface area contributed by atoms with E-state index >= 15 is 0 Å². The average Bonchev–Trinajstić information content (AvgIpc) is 3.20. The van der Waals surface area contributed by atoms with Crippen molar-refractivity contribution < 1.29 is 24.3 Å². The molecule has 3 amide bonds. The van der Waals surface area contributed by atoms with Crippen LogP contribution in [0.4, 0.5) is 0 Å². The van der Waals surface area contributed by atoms with Crippen LogP contribution >= 0.6 is 11.8 Å². The summed E-state index contributed by atoms with van der Waals surface area (Å²) in [7, 11) is 0. The molecule has 1 aromatic heterocycles. The van der Waals surface area contributed by atoms with Crippen molar-refractivity contribution in [2.45, 2.75) is 44.8 Å². The summed E-state index contributed by atoms with van der Waals surface area (Å²) in [5, 5.41) is 17.7. The molecule has 1 aromatic carbocycles. The number of para-hydroxylation sites is 1. The summed E-state index contributed by atoms with van der Waals surface area (Å²) < 4.78 is 0. The summed E-state index contributed by atoms with van der Waals surface area (Å²) in [6, 6.07) is 4.89. The minimum Gasteiger partial charge on any atom is -0.480 e. The first-order valence-corrected chi connectivity index (χ1v) is 12.4. The number of H-pyrrole nitrogens is 1. The van der Waals surface area contributed by atoms with Crippen molar-refractivity contribution in [3.05, 3.63) is 36.0 Å². The van der Waals surface area contributed by atoms with E-state index in [4.69, 9.17) is 5.73 Å². The van der Waals surface area contributed by atoms with E-state index in [1.165, 1.54) is 11.8 Å². The van der Waals surface area contributed by atoms with Crippen molar-refractivity contribution in [2.24, 2.45) is 11.7 Å². The summed E-state index contributed by atoms with van der Waals surface area (Å²) in [5.74, 6) is -2.47. The third kappa shape index (κ3) is 7.77. The van der Waals surface area contributed by atoms with Gasteiger partial charge in [-0.05, 0) is 42.4 Å². The molecular formula is C23H33N5O5S. The van der Waals surface area contributed by atoms with Gasteiger partial charge in [-0.1, -0.05) is 32.0 Å². The lowest BCUT2D eigenvalue weighted by atomic mass is 10.0. The van der Waals surface area contributed by atoms with Crippen LogP contribution in [0.15, 0.2) is 30.5 Å². The van der Waals surface area contributed by atoms with Crippen LogP contribution in [0.2, 0.25) is 0 Å². The smallest absolute Gasteiger partial charge is 0.326 e. The topological polar surface area (TPSA) is 166 Å². The molecule has 1 heterocycles. The van der Waals surface area contributed by atoms with Crippen molar-refractivity contribution in [3.8, 4) is 0 Å². The molecule has 0 fully saturated rings. The Morgan fingerprint density at radius 2 is 1.82 bits per heavy atom. The number of amides is 3. The van der Waals surface area contributed by atoms with Gasteiger partial charge in [0.25, 0.3) is 0 Å². The fourth-order valence-electron chi connectivity index (χ4n) is 3.44. The highest BCUT2D eigenvalue weighted by molar-refractivity contribution is 7.98. The van der Waals surface area contributed by atoms with E-state index in [9.17, 15) is 24.3 Å². The van der Waals surface area contributed by atoms with Crippen molar-refractivity contribution in [1.29, 1.82) is 0 Å². The van der Waals surface area contributed by atoms with Gasteiger partial charge >= 0.3 is 5.97 Å². The lowest BCUT2D eigenvalue weighted by Gasteiger charge is -2.23. The fraction of sp³-hybridized carbons (Fsp3) is 0.478. The first-order valence-electron chi connectivity index (χ1n) is 11.0. The van der Waals surface area contributed by atoms with Gasteiger partial charge in [0.15, 0.2) is 0 Å². The Balaban J connectivity index is 1.91. The number of carbonyl (C=O) groups excluding carboxylic acids is 3. The Morgan fingerprint density at radius 1 is 1.12 bits per heavy atom. The molecule has 0 saturated carbocycles. The van der Waals surface area contributed by atoms with Crippen LogP contribution in [0.1, 0.15) is 25.8 Å². The van der Waals surface area contributed by atoms with Gasteiger partial charge in [-0.15, -0.1) is 0 Å². The van der Waals surface area contributed by atoms with Crippen LogP contribution < -0.4 is 21.7 Å². The maximum Gasteiger partial charge on any atom is 0.326 e. The van der Waals surface area contributed by atoms with E-state index in [0.29, 0.717) is 5.75 Å². The largest absolute Gasteiger partial charge is 0.480 e. The van der Waals surface area contributed by atoms with Crippen LogP contribution in [0.3, 0.4) is 0 Å². The number of rotatable bonds is 13. The molecule has 0 saturated heterocycles. The van der Waals surface area contributed by atoms with Crippen molar-refractivity contribution >= 4 is 46.4 Å². The molecule has 0 aliphatic heterocycles. The molecule has 7 N–H and O–H groups in total. The highest BCUT2D eigenvalue weighted by Gasteiger charge is 2.27. The number of carbonyl (C=O) groups is 4. The highest BCUT2D eigenvalue weighted by Crippen LogP contribution is 2.18. The quantitative estimate of drug-likeness (QED) is 0.239. The predicted molar refractivity (Wildman–Crippen MR) is 132 cm³/mol. The summed E-state index contributed by atoms with van der Waals surface area (Å²) in [4.78, 5) is 51.9. The van der Waals surface area contributed by atoms with Crippen LogP contribution in [0.25, 0.3) is 10.9 Å². The number of nitrogens with one attached hydrogen (secondary N) is 4. The number of thioether (sulfide) groups is 1. The molecule has 2 rings (SSSR count). The van der Waals surface area contributed by atoms with Crippen LogP contribution in [-0.2, 0) is 25.6 Å². The lowest BCUT2D eigenvalue weighted by molar-refractivity contribution is -0.141. The summed E-state index contributed by atoms with van der Waals surface area (Å²) in [6.45, 7) is 3.12. The fourth-order valence-corrected chi connectivity index (χ4v) is 3.91. The Morgan fingerprint density at radius 3 is 2.47 bits per heavy atom. The zero-order valence-corrected chi connectivity index (χ0v) is 20.4. The third-order valence-electron chi connectivity index (χ3n) is 5.37. The van der Waals surface area contributed by atoms with Gasteiger partial charge in [0, 0.05) is 17.1 Å².